The summed E-state index contributed by atoms with van der Waals surface area (Å²) in [4.78, 5) is 13.7. The topological polar surface area (TPSA) is 49.8 Å². The highest BCUT2D eigenvalue weighted by atomic mass is 35.5. The molecule has 1 N–H and O–H groups in total. The van der Waals surface area contributed by atoms with E-state index < -0.39 is 0 Å². The second-order valence-corrected chi connectivity index (χ2v) is 4.70. The number of aliphatic hydroxyl groups is 1. The molecule has 0 spiro atoms. The Hall–Kier alpha value is -0.320. The first-order valence-corrected chi connectivity index (χ1v) is 6.87. The van der Waals surface area contributed by atoms with Crippen molar-refractivity contribution in [1.82, 2.24) is 4.90 Å². The van der Waals surface area contributed by atoms with Crippen LogP contribution in [0.25, 0.3) is 0 Å². The fraction of sp³-hybridized carbons (Fsp3) is 0.917. The van der Waals surface area contributed by atoms with Gasteiger partial charge in [0, 0.05) is 25.4 Å². The quantitative estimate of drug-likeness (QED) is 0.558. The number of unbranched alkanes of at least 4 members (excludes halogenated alkanes) is 1. The summed E-state index contributed by atoms with van der Waals surface area (Å²) in [7, 11) is 0. The molecule has 0 saturated carbocycles. The number of amides is 1. The van der Waals surface area contributed by atoms with Gasteiger partial charge in [0.15, 0.2) is 0 Å². The van der Waals surface area contributed by atoms with E-state index in [0.717, 1.165) is 38.8 Å². The number of rotatable bonds is 7. The first kappa shape index (κ1) is 14.7. The number of aliphatic hydroxyl groups excluding tert-OH is 1. The number of hydrogen-bond acceptors (Lipinski definition) is 3. The maximum Gasteiger partial charge on any atom is 0.222 e. The number of nitrogens with zero attached hydrogens (tertiary/aromatic N) is 1. The van der Waals surface area contributed by atoms with Crippen molar-refractivity contribution in [3.63, 3.8) is 0 Å². The Bertz CT molecular complexity index is 218. The lowest BCUT2D eigenvalue weighted by molar-refractivity contribution is -0.134. The van der Waals surface area contributed by atoms with Crippen molar-refractivity contribution in [1.29, 1.82) is 0 Å². The Morgan fingerprint density at radius 1 is 1.35 bits per heavy atom. The van der Waals surface area contributed by atoms with Crippen LogP contribution < -0.4 is 0 Å². The second kappa shape index (κ2) is 8.72. The van der Waals surface area contributed by atoms with Crippen LogP contribution in [0.2, 0.25) is 0 Å². The Morgan fingerprint density at radius 2 is 2.06 bits per heavy atom. The molecule has 0 radical (unpaired) electrons. The zero-order valence-corrected chi connectivity index (χ0v) is 11.0. The minimum absolute atomic E-state index is 0.0670. The number of carbonyl (C=O) groups is 1. The van der Waals surface area contributed by atoms with Crippen LogP contribution >= 0.6 is 11.6 Å². The third-order valence-electron chi connectivity index (χ3n) is 3.01. The van der Waals surface area contributed by atoms with Gasteiger partial charge in [-0.15, -0.1) is 11.6 Å². The van der Waals surface area contributed by atoms with Crippen LogP contribution in [-0.4, -0.2) is 54.2 Å². The second-order valence-electron chi connectivity index (χ2n) is 4.32. The maximum absolute atomic E-state index is 11.8. The van der Waals surface area contributed by atoms with Crippen LogP contribution in [0.5, 0.6) is 0 Å². The molecule has 1 rings (SSSR count). The smallest absolute Gasteiger partial charge is 0.222 e. The Morgan fingerprint density at radius 3 is 2.65 bits per heavy atom. The number of likely N-dealkylation sites (tertiary alicyclic amines) is 1. The summed E-state index contributed by atoms with van der Waals surface area (Å²) in [6.07, 6.45) is 4.35. The molecule has 4 nitrogen and oxygen atoms in total. The summed E-state index contributed by atoms with van der Waals surface area (Å²) in [5.74, 6) is 0.861. The van der Waals surface area contributed by atoms with Gasteiger partial charge in [-0.05, 0) is 25.7 Å². The average Bonchev–Trinajstić information content (AvgIpc) is 2.37. The molecule has 1 saturated heterocycles. The predicted molar refractivity (Wildman–Crippen MR) is 67.2 cm³/mol. The SMILES string of the molecule is O=C(CCCCCl)N1CCC(OCCO)CC1. The number of ether oxygens (including phenoxy) is 1. The van der Waals surface area contributed by atoms with E-state index in [1.807, 2.05) is 4.90 Å². The zero-order chi connectivity index (χ0) is 12.5. The maximum atomic E-state index is 11.8. The normalized spacial score (nSPS) is 17.4. The molecule has 1 heterocycles. The molecule has 0 aromatic heterocycles. The van der Waals surface area contributed by atoms with Gasteiger partial charge in [0.05, 0.1) is 19.3 Å². The summed E-state index contributed by atoms with van der Waals surface area (Å²) >= 11 is 5.58. The van der Waals surface area contributed by atoms with Gasteiger partial charge in [0.2, 0.25) is 5.91 Å². The number of alkyl halides is 1. The third kappa shape index (κ3) is 5.70. The standard InChI is InChI=1S/C12H22ClNO3/c13-6-2-1-3-12(16)14-7-4-11(5-8-14)17-10-9-15/h11,15H,1-10H2. The highest BCUT2D eigenvalue weighted by Crippen LogP contribution is 2.15. The molecule has 0 aromatic carbocycles. The molecule has 5 heteroatoms. The minimum atomic E-state index is 0.0670. The van der Waals surface area contributed by atoms with E-state index in [2.05, 4.69) is 0 Å². The van der Waals surface area contributed by atoms with E-state index in [-0.39, 0.29) is 18.6 Å². The summed E-state index contributed by atoms with van der Waals surface area (Å²) < 4.78 is 5.45. The van der Waals surface area contributed by atoms with E-state index in [0.29, 0.717) is 18.9 Å². The lowest BCUT2D eigenvalue weighted by atomic mass is 10.1. The molecule has 1 aliphatic heterocycles. The van der Waals surface area contributed by atoms with Gasteiger partial charge in [-0.1, -0.05) is 0 Å². The average molecular weight is 264 g/mol. The number of hydrogen-bond donors (Lipinski definition) is 1. The van der Waals surface area contributed by atoms with Crippen molar-refractivity contribution in [3.05, 3.63) is 0 Å². The van der Waals surface area contributed by atoms with Crippen molar-refractivity contribution in [3.8, 4) is 0 Å². The van der Waals surface area contributed by atoms with E-state index in [1.165, 1.54) is 0 Å². The molecular formula is C12H22ClNO3. The van der Waals surface area contributed by atoms with Gasteiger partial charge >= 0.3 is 0 Å². The predicted octanol–water partition coefficient (Wildman–Crippen LogP) is 1.40. The zero-order valence-electron chi connectivity index (χ0n) is 10.2. The fourth-order valence-electron chi connectivity index (χ4n) is 2.02. The highest BCUT2D eigenvalue weighted by molar-refractivity contribution is 6.17. The lowest BCUT2D eigenvalue weighted by Gasteiger charge is -2.32. The van der Waals surface area contributed by atoms with Crippen LogP contribution in [0.15, 0.2) is 0 Å². The fourth-order valence-corrected chi connectivity index (χ4v) is 2.21. The van der Waals surface area contributed by atoms with Crippen molar-refractivity contribution < 1.29 is 14.6 Å². The van der Waals surface area contributed by atoms with Gasteiger partial charge < -0.3 is 14.7 Å². The highest BCUT2D eigenvalue weighted by Gasteiger charge is 2.22. The third-order valence-corrected chi connectivity index (χ3v) is 3.28. The van der Waals surface area contributed by atoms with E-state index in [1.54, 1.807) is 0 Å². The monoisotopic (exact) mass is 263 g/mol. The lowest BCUT2D eigenvalue weighted by Crippen LogP contribution is -2.41. The number of halogens is 1. The molecule has 0 unspecified atom stereocenters. The van der Waals surface area contributed by atoms with E-state index in [9.17, 15) is 4.79 Å². The molecule has 1 amide bonds. The van der Waals surface area contributed by atoms with Crippen molar-refractivity contribution in [2.45, 2.75) is 38.2 Å². The summed E-state index contributed by atoms with van der Waals surface area (Å²) in [5, 5.41) is 8.66. The van der Waals surface area contributed by atoms with Crippen LogP contribution in [-0.2, 0) is 9.53 Å². The van der Waals surface area contributed by atoms with Gasteiger partial charge in [-0.25, -0.2) is 0 Å². The molecule has 1 aliphatic rings. The van der Waals surface area contributed by atoms with Crippen molar-refractivity contribution in [2.24, 2.45) is 0 Å². The van der Waals surface area contributed by atoms with Gasteiger partial charge in [0.1, 0.15) is 0 Å². The van der Waals surface area contributed by atoms with Crippen LogP contribution in [0, 0.1) is 0 Å². The van der Waals surface area contributed by atoms with E-state index in [4.69, 9.17) is 21.4 Å². The Balaban J connectivity index is 2.15. The summed E-state index contributed by atoms with van der Waals surface area (Å²) in [5.41, 5.74) is 0. The number of piperidine rings is 1. The number of carbonyl (C=O) groups excluding carboxylic acids is 1. The first-order chi connectivity index (χ1) is 8.27. The van der Waals surface area contributed by atoms with Crippen molar-refractivity contribution in [2.75, 3.05) is 32.2 Å². The minimum Gasteiger partial charge on any atom is -0.394 e. The summed E-state index contributed by atoms with van der Waals surface area (Å²) in [6.45, 7) is 2.01. The Kier molecular flexibility index (Phi) is 7.56. The molecule has 17 heavy (non-hydrogen) atoms. The van der Waals surface area contributed by atoms with Crippen LogP contribution in [0.1, 0.15) is 32.1 Å². The van der Waals surface area contributed by atoms with Gasteiger partial charge in [0.25, 0.3) is 0 Å². The van der Waals surface area contributed by atoms with Gasteiger partial charge in [-0.2, -0.15) is 0 Å². The molecular weight excluding hydrogens is 242 g/mol. The first-order valence-electron chi connectivity index (χ1n) is 6.34. The van der Waals surface area contributed by atoms with Gasteiger partial charge in [-0.3, -0.25) is 4.79 Å². The summed E-state index contributed by atoms with van der Waals surface area (Å²) in [6, 6.07) is 0. The molecule has 0 atom stereocenters. The van der Waals surface area contributed by atoms with E-state index >= 15 is 0 Å². The Labute approximate surface area is 108 Å². The van der Waals surface area contributed by atoms with Crippen LogP contribution in [0.3, 0.4) is 0 Å². The molecule has 100 valence electrons. The molecule has 0 aliphatic carbocycles. The molecule has 1 fully saturated rings. The molecule has 0 aromatic rings. The largest absolute Gasteiger partial charge is 0.394 e. The molecule has 0 bridgehead atoms. The van der Waals surface area contributed by atoms with Crippen molar-refractivity contribution >= 4 is 17.5 Å². The van der Waals surface area contributed by atoms with Crippen LogP contribution in [0.4, 0.5) is 0 Å².